The smallest absolute Gasteiger partial charge is 0.417 e. The molecule has 0 aromatic rings. The number of ether oxygens (including phenoxy) is 3. The summed E-state index contributed by atoms with van der Waals surface area (Å²) in [7, 11) is 0. The number of hydrogen-bond acceptors (Lipinski definition) is 9. The molecule has 282 valence electrons. The second-order valence-electron chi connectivity index (χ2n) is 16.5. The first-order valence-corrected chi connectivity index (χ1v) is 17.4. The second-order valence-corrected chi connectivity index (χ2v) is 16.5. The van der Waals surface area contributed by atoms with Gasteiger partial charge < -0.3 is 29.5 Å². The highest BCUT2D eigenvalue weighted by atomic mass is 19.4. The molecule has 9 nitrogen and oxygen atoms in total. The first-order chi connectivity index (χ1) is 21.6. The average Bonchev–Trinajstić information content (AvgIpc) is 2.93. The molecule has 0 radical (unpaired) electrons. The minimum atomic E-state index is -4.74. The summed E-state index contributed by atoms with van der Waals surface area (Å²) >= 11 is 0. The molecule has 3 N–H and O–H groups in total. The van der Waals surface area contributed by atoms with Crippen LogP contribution in [0.5, 0.6) is 0 Å². The highest BCUT2D eigenvalue weighted by Gasteiger charge is 2.59. The van der Waals surface area contributed by atoms with Crippen LogP contribution in [0.15, 0.2) is 0 Å². The third kappa shape index (κ3) is 12.1. The summed E-state index contributed by atoms with van der Waals surface area (Å²) in [4.78, 5) is 35.2. The van der Waals surface area contributed by atoms with Gasteiger partial charge in [-0.15, -0.1) is 0 Å². The third-order valence-electron chi connectivity index (χ3n) is 10.5. The van der Waals surface area contributed by atoms with Crippen LogP contribution in [0, 0.1) is 28.1 Å². The molecule has 12 heteroatoms. The number of alkyl halides is 3. The van der Waals surface area contributed by atoms with E-state index in [0.717, 1.165) is 38.5 Å². The molecule has 0 saturated heterocycles. The molecule has 48 heavy (non-hydrogen) atoms. The molecule has 4 saturated carbocycles. The summed E-state index contributed by atoms with van der Waals surface area (Å²) in [5.41, 5.74) is -5.34. The van der Waals surface area contributed by atoms with Crippen LogP contribution in [-0.2, 0) is 28.6 Å². The van der Waals surface area contributed by atoms with Crippen molar-refractivity contribution in [3.05, 3.63) is 0 Å². The SMILES string of the molecule is CCC(C)(C)C(=O)OC(C)CC(C)(O)C(F)(F)F.CCC(C)(C)C(=O)OC12CC3CC(CC(O)(C3)C1)C2.CCC(C)(C)C(=O)OCCO. The molecule has 0 heterocycles. The molecular formula is C36H63F3O9. The molecule has 0 aliphatic heterocycles. The van der Waals surface area contributed by atoms with Crippen molar-refractivity contribution in [2.24, 2.45) is 28.1 Å². The summed E-state index contributed by atoms with van der Waals surface area (Å²) < 4.78 is 53.0. The maximum atomic E-state index is 12.4. The number of esters is 3. The van der Waals surface area contributed by atoms with Gasteiger partial charge in [-0.3, -0.25) is 14.4 Å². The van der Waals surface area contributed by atoms with E-state index in [1.54, 1.807) is 20.8 Å². The fraction of sp³-hybridized carbons (Fsp3) is 0.917. The lowest BCUT2D eigenvalue weighted by molar-refractivity contribution is -0.261. The Hall–Kier alpha value is -1.92. The van der Waals surface area contributed by atoms with Crippen molar-refractivity contribution in [3.63, 3.8) is 0 Å². The van der Waals surface area contributed by atoms with Gasteiger partial charge >= 0.3 is 24.1 Å². The van der Waals surface area contributed by atoms with Gasteiger partial charge in [0.15, 0.2) is 5.60 Å². The van der Waals surface area contributed by atoms with Crippen molar-refractivity contribution in [2.45, 2.75) is 169 Å². The zero-order valence-corrected chi connectivity index (χ0v) is 31.1. The molecular weight excluding hydrogens is 633 g/mol. The molecule has 0 amide bonds. The zero-order valence-electron chi connectivity index (χ0n) is 31.1. The summed E-state index contributed by atoms with van der Waals surface area (Å²) in [6.07, 6.45) is 1.30. The average molecular weight is 697 g/mol. The summed E-state index contributed by atoms with van der Waals surface area (Å²) in [6, 6.07) is 0. The van der Waals surface area contributed by atoms with Crippen molar-refractivity contribution < 1.29 is 57.1 Å². The van der Waals surface area contributed by atoms with E-state index in [0.29, 0.717) is 31.6 Å². The van der Waals surface area contributed by atoms with Gasteiger partial charge in [-0.25, -0.2) is 0 Å². The molecule has 4 rings (SSSR count). The predicted molar refractivity (Wildman–Crippen MR) is 176 cm³/mol. The fourth-order valence-electron chi connectivity index (χ4n) is 6.41. The quantitative estimate of drug-likeness (QED) is 0.144. The van der Waals surface area contributed by atoms with Crippen molar-refractivity contribution >= 4 is 17.9 Å². The van der Waals surface area contributed by atoms with E-state index in [1.807, 2.05) is 41.5 Å². The van der Waals surface area contributed by atoms with Gasteiger partial charge in [-0.05, 0) is 119 Å². The number of carbonyl (C=O) groups excluding carboxylic acids is 3. The number of hydrogen-bond donors (Lipinski definition) is 3. The minimum absolute atomic E-state index is 0.0828. The van der Waals surface area contributed by atoms with Crippen molar-refractivity contribution in [1.29, 1.82) is 0 Å². The highest BCUT2D eigenvalue weighted by Crippen LogP contribution is 2.59. The van der Waals surface area contributed by atoms with Gasteiger partial charge in [0, 0.05) is 12.8 Å². The van der Waals surface area contributed by atoms with Crippen LogP contribution in [0.4, 0.5) is 13.2 Å². The van der Waals surface area contributed by atoms with E-state index in [9.17, 15) is 37.8 Å². The van der Waals surface area contributed by atoms with Crippen LogP contribution >= 0.6 is 0 Å². The third-order valence-corrected chi connectivity index (χ3v) is 10.5. The Balaban J connectivity index is 0.000000375. The van der Waals surface area contributed by atoms with Crippen LogP contribution in [0.1, 0.15) is 140 Å². The van der Waals surface area contributed by atoms with E-state index < -0.39 is 52.1 Å². The van der Waals surface area contributed by atoms with Crippen LogP contribution in [-0.4, -0.2) is 75.5 Å². The monoisotopic (exact) mass is 696 g/mol. The maximum Gasteiger partial charge on any atom is 0.417 e. The fourth-order valence-corrected chi connectivity index (χ4v) is 6.41. The van der Waals surface area contributed by atoms with Crippen molar-refractivity contribution in [1.82, 2.24) is 0 Å². The normalized spacial score (nSPS) is 26.9. The van der Waals surface area contributed by atoms with Gasteiger partial charge in [0.05, 0.1) is 28.5 Å². The van der Waals surface area contributed by atoms with E-state index in [2.05, 4.69) is 0 Å². The van der Waals surface area contributed by atoms with Gasteiger partial charge in [-0.1, -0.05) is 20.8 Å². The van der Waals surface area contributed by atoms with Crippen LogP contribution in [0.2, 0.25) is 0 Å². The number of aliphatic hydroxyl groups excluding tert-OH is 1. The zero-order chi connectivity index (χ0) is 37.6. The van der Waals surface area contributed by atoms with E-state index >= 15 is 0 Å². The van der Waals surface area contributed by atoms with Crippen LogP contribution in [0.3, 0.4) is 0 Å². The van der Waals surface area contributed by atoms with Gasteiger partial charge in [0.25, 0.3) is 0 Å². The topological polar surface area (TPSA) is 140 Å². The van der Waals surface area contributed by atoms with Gasteiger partial charge in [-0.2, -0.15) is 13.2 Å². The Kier molecular flexibility index (Phi) is 15.1. The summed E-state index contributed by atoms with van der Waals surface area (Å²) in [5, 5.41) is 28.3. The predicted octanol–water partition coefficient (Wildman–Crippen LogP) is 7.07. The first-order valence-electron chi connectivity index (χ1n) is 17.4. The molecule has 4 aliphatic carbocycles. The lowest BCUT2D eigenvalue weighted by Gasteiger charge is -2.59. The number of rotatable bonds is 12. The van der Waals surface area contributed by atoms with E-state index in [-0.39, 0.29) is 30.8 Å². The molecule has 4 fully saturated rings. The molecule has 4 bridgehead atoms. The van der Waals surface area contributed by atoms with E-state index in [1.165, 1.54) is 13.3 Å². The van der Waals surface area contributed by atoms with Crippen molar-refractivity contribution in [3.8, 4) is 0 Å². The summed E-state index contributed by atoms with van der Waals surface area (Å²) in [6.45, 7) is 18.6. The second kappa shape index (κ2) is 16.4. The van der Waals surface area contributed by atoms with Crippen LogP contribution in [0.25, 0.3) is 0 Å². The lowest BCUT2D eigenvalue weighted by Crippen LogP contribution is -2.61. The van der Waals surface area contributed by atoms with E-state index in [4.69, 9.17) is 19.3 Å². The standard InChI is InChI=1S/C16H26O3.C12H21F3O3.C8H16O3/c1-4-14(2,3)13(17)19-16-8-11-5-12(9-16)7-15(18,6-11)10-16;1-6-10(3,4)9(16)18-8(2)7-11(5,17)12(13,14)15;1-4-8(2,3)7(10)11-6-5-9/h11-12,18H,4-10H2,1-3H3;8,17H,6-7H2,1-5H3;9H,4-6H2,1-3H3. The Bertz CT molecular complexity index is 1070. The Labute approximate surface area is 285 Å². The highest BCUT2D eigenvalue weighted by molar-refractivity contribution is 5.77. The van der Waals surface area contributed by atoms with Crippen molar-refractivity contribution in [2.75, 3.05) is 13.2 Å². The number of aliphatic hydroxyl groups is 3. The van der Waals surface area contributed by atoms with Gasteiger partial charge in [0.2, 0.25) is 0 Å². The molecule has 4 atom stereocenters. The van der Waals surface area contributed by atoms with Crippen LogP contribution < -0.4 is 0 Å². The number of halogens is 3. The Morgan fingerprint density at radius 3 is 1.62 bits per heavy atom. The largest absolute Gasteiger partial charge is 0.463 e. The molecule has 0 aromatic heterocycles. The maximum absolute atomic E-state index is 12.4. The molecule has 0 aromatic carbocycles. The summed E-state index contributed by atoms with van der Waals surface area (Å²) in [5.74, 6) is 0.234. The molecule has 4 unspecified atom stereocenters. The Morgan fingerprint density at radius 1 is 0.792 bits per heavy atom. The first kappa shape index (κ1) is 44.1. The molecule has 4 aliphatic rings. The Morgan fingerprint density at radius 2 is 1.23 bits per heavy atom. The lowest BCUT2D eigenvalue weighted by atomic mass is 9.52. The van der Waals surface area contributed by atoms with Gasteiger partial charge in [0.1, 0.15) is 18.3 Å². The number of carbonyl (C=O) groups is 3. The molecule has 0 spiro atoms. The minimum Gasteiger partial charge on any atom is -0.463 e.